The second-order valence-electron chi connectivity index (χ2n) is 7.57. The van der Waals surface area contributed by atoms with Crippen molar-refractivity contribution in [2.75, 3.05) is 20.3 Å². The van der Waals surface area contributed by atoms with E-state index in [1.165, 1.54) is 0 Å². The number of hydrogen-bond donors (Lipinski definition) is 3. The molecule has 0 spiro atoms. The third-order valence-corrected chi connectivity index (χ3v) is 5.36. The van der Waals surface area contributed by atoms with Gasteiger partial charge in [0, 0.05) is 32.0 Å². The van der Waals surface area contributed by atoms with Crippen molar-refractivity contribution in [2.45, 2.75) is 44.3 Å². The quantitative estimate of drug-likeness (QED) is 0.507. The second-order valence-corrected chi connectivity index (χ2v) is 7.57. The highest BCUT2D eigenvalue weighted by molar-refractivity contribution is 5.91. The molecule has 0 radical (unpaired) electrons. The second kappa shape index (κ2) is 11.3. The van der Waals surface area contributed by atoms with Gasteiger partial charge in [-0.3, -0.25) is 4.79 Å². The molecule has 0 saturated heterocycles. The number of carbonyl (C=O) groups is 2. The Morgan fingerprint density at radius 3 is 2.52 bits per heavy atom. The van der Waals surface area contributed by atoms with E-state index >= 15 is 0 Å². The van der Waals surface area contributed by atoms with Gasteiger partial charge in [-0.2, -0.15) is 0 Å². The Labute approximate surface area is 182 Å². The Balaban J connectivity index is 1.57. The predicted molar refractivity (Wildman–Crippen MR) is 116 cm³/mol. The topological polar surface area (TPSA) is 102 Å². The molecule has 1 aromatic carbocycles. The number of nitrogens with one attached hydrogen (secondary N) is 3. The monoisotopic (exact) mass is 426 g/mol. The zero-order valence-corrected chi connectivity index (χ0v) is 17.9. The number of nitrogens with zero attached hydrogens (tertiary/aromatic N) is 1. The maximum Gasteiger partial charge on any atom is 0.315 e. The minimum atomic E-state index is -0.903. The molecule has 0 aliphatic heterocycles. The summed E-state index contributed by atoms with van der Waals surface area (Å²) in [4.78, 5) is 29.8. The molecule has 0 unspecified atom stereocenters. The van der Waals surface area contributed by atoms with Gasteiger partial charge in [-0.1, -0.05) is 49.2 Å². The molecule has 1 aliphatic rings. The van der Waals surface area contributed by atoms with E-state index < -0.39 is 5.54 Å². The maximum atomic E-state index is 13.1. The zero-order valence-electron chi connectivity index (χ0n) is 17.9. The highest BCUT2D eigenvalue weighted by atomic mass is 16.5. The lowest BCUT2D eigenvalue weighted by molar-refractivity contribution is -0.127. The molecule has 1 heterocycles. The fraction of sp³-hybridized carbons (Fsp3) is 0.435. The summed E-state index contributed by atoms with van der Waals surface area (Å²) in [6, 6.07) is 13.0. The first-order valence-electron chi connectivity index (χ1n) is 10.6. The molecule has 0 atom stereocenters. The van der Waals surface area contributed by atoms with Gasteiger partial charge in [-0.05, 0) is 24.5 Å². The minimum Gasteiger partial charge on any atom is -0.475 e. The lowest BCUT2D eigenvalue weighted by Crippen LogP contribution is -2.59. The molecule has 0 bridgehead atoms. The largest absolute Gasteiger partial charge is 0.475 e. The average molecular weight is 427 g/mol. The molecular formula is C23H30N4O4. The van der Waals surface area contributed by atoms with Crippen LogP contribution in [0.25, 0.3) is 0 Å². The zero-order chi connectivity index (χ0) is 21.9. The normalized spacial score (nSPS) is 14.6. The van der Waals surface area contributed by atoms with Crippen molar-refractivity contribution in [1.29, 1.82) is 0 Å². The first kappa shape index (κ1) is 22.6. The molecule has 1 aromatic heterocycles. The van der Waals surface area contributed by atoms with E-state index in [0.717, 1.165) is 24.0 Å². The summed E-state index contributed by atoms with van der Waals surface area (Å²) in [5.74, 6) is 0.278. The Bertz CT molecular complexity index is 854. The molecule has 3 amide bonds. The van der Waals surface area contributed by atoms with E-state index in [2.05, 4.69) is 20.9 Å². The Morgan fingerprint density at radius 2 is 1.77 bits per heavy atom. The standard InChI is InChI=1S/C23H30N4O4/c1-30-14-15-31-20-19(10-7-13-24-20)17-25-21(28)23(11-5-6-12-23)27-22(29)26-16-18-8-3-2-4-9-18/h2-4,7-10,13H,5-6,11-12,14-17H2,1H3,(H,25,28)(H2,26,27,29). The molecule has 166 valence electrons. The summed E-state index contributed by atoms with van der Waals surface area (Å²) < 4.78 is 10.6. The van der Waals surface area contributed by atoms with E-state index in [0.29, 0.717) is 38.5 Å². The SMILES string of the molecule is COCCOc1ncccc1CNC(=O)C1(NC(=O)NCc2ccccc2)CCCC1. The van der Waals surface area contributed by atoms with Crippen LogP contribution in [0.2, 0.25) is 0 Å². The molecule has 1 fully saturated rings. The molecular weight excluding hydrogens is 396 g/mol. The summed E-state index contributed by atoms with van der Waals surface area (Å²) in [6.45, 7) is 1.50. The number of hydrogen-bond acceptors (Lipinski definition) is 5. The third kappa shape index (κ3) is 6.42. The molecule has 3 N–H and O–H groups in total. The van der Waals surface area contributed by atoms with Crippen molar-refractivity contribution in [3.05, 3.63) is 59.8 Å². The van der Waals surface area contributed by atoms with E-state index in [4.69, 9.17) is 9.47 Å². The minimum absolute atomic E-state index is 0.188. The van der Waals surface area contributed by atoms with Gasteiger partial charge in [0.25, 0.3) is 0 Å². The number of aromatic nitrogens is 1. The number of carbonyl (C=O) groups excluding carboxylic acids is 2. The number of benzene rings is 1. The molecule has 31 heavy (non-hydrogen) atoms. The van der Waals surface area contributed by atoms with Crippen molar-refractivity contribution in [3.8, 4) is 5.88 Å². The average Bonchev–Trinajstić information content (AvgIpc) is 3.27. The number of rotatable bonds is 10. The smallest absolute Gasteiger partial charge is 0.315 e. The van der Waals surface area contributed by atoms with E-state index in [1.54, 1.807) is 19.4 Å². The molecule has 1 aliphatic carbocycles. The van der Waals surface area contributed by atoms with Crippen LogP contribution >= 0.6 is 0 Å². The van der Waals surface area contributed by atoms with E-state index in [9.17, 15) is 9.59 Å². The van der Waals surface area contributed by atoms with Gasteiger partial charge < -0.3 is 25.4 Å². The van der Waals surface area contributed by atoms with Crippen molar-refractivity contribution in [3.63, 3.8) is 0 Å². The van der Waals surface area contributed by atoms with Crippen LogP contribution in [-0.4, -0.2) is 42.8 Å². The lowest BCUT2D eigenvalue weighted by Gasteiger charge is -2.29. The molecule has 8 nitrogen and oxygen atoms in total. The molecule has 3 rings (SSSR count). The van der Waals surface area contributed by atoms with Gasteiger partial charge in [0.15, 0.2) is 0 Å². The number of ether oxygens (including phenoxy) is 2. The summed E-state index contributed by atoms with van der Waals surface area (Å²) in [5.41, 5.74) is 0.869. The van der Waals surface area contributed by atoms with Crippen LogP contribution in [-0.2, 0) is 22.6 Å². The van der Waals surface area contributed by atoms with Crippen LogP contribution in [0.1, 0.15) is 36.8 Å². The van der Waals surface area contributed by atoms with E-state index in [1.807, 2.05) is 36.4 Å². The Hall–Kier alpha value is -3.13. The van der Waals surface area contributed by atoms with Crippen LogP contribution in [0, 0.1) is 0 Å². The van der Waals surface area contributed by atoms with Crippen LogP contribution in [0.5, 0.6) is 5.88 Å². The molecule has 8 heteroatoms. The Kier molecular flexibility index (Phi) is 8.23. The fourth-order valence-corrected chi connectivity index (χ4v) is 3.68. The number of urea groups is 1. The number of methoxy groups -OCH3 is 1. The van der Waals surface area contributed by atoms with Crippen LogP contribution < -0.4 is 20.7 Å². The van der Waals surface area contributed by atoms with Crippen molar-refractivity contribution in [2.24, 2.45) is 0 Å². The fourth-order valence-electron chi connectivity index (χ4n) is 3.68. The van der Waals surface area contributed by atoms with Crippen molar-refractivity contribution < 1.29 is 19.1 Å². The predicted octanol–water partition coefficient (Wildman–Crippen LogP) is 2.54. The maximum absolute atomic E-state index is 13.1. The van der Waals surface area contributed by atoms with Crippen molar-refractivity contribution >= 4 is 11.9 Å². The van der Waals surface area contributed by atoms with Gasteiger partial charge in [-0.15, -0.1) is 0 Å². The highest BCUT2D eigenvalue weighted by Crippen LogP contribution is 2.30. The van der Waals surface area contributed by atoms with Gasteiger partial charge in [0.1, 0.15) is 12.1 Å². The summed E-state index contributed by atoms with van der Waals surface area (Å²) in [5, 5.41) is 8.73. The van der Waals surface area contributed by atoms with Crippen LogP contribution in [0.15, 0.2) is 48.7 Å². The van der Waals surface area contributed by atoms with Gasteiger partial charge in [-0.25, -0.2) is 9.78 Å². The summed E-state index contributed by atoms with van der Waals surface area (Å²) in [7, 11) is 1.60. The lowest BCUT2D eigenvalue weighted by atomic mass is 9.96. The third-order valence-electron chi connectivity index (χ3n) is 5.36. The van der Waals surface area contributed by atoms with Crippen molar-refractivity contribution in [1.82, 2.24) is 20.9 Å². The van der Waals surface area contributed by atoms with Gasteiger partial charge in [0.2, 0.25) is 11.8 Å². The first-order chi connectivity index (χ1) is 15.1. The first-order valence-corrected chi connectivity index (χ1v) is 10.6. The molecule has 1 saturated carbocycles. The van der Waals surface area contributed by atoms with Gasteiger partial charge in [0.05, 0.1) is 6.61 Å². The number of amides is 3. The van der Waals surface area contributed by atoms with E-state index in [-0.39, 0.29) is 18.5 Å². The van der Waals surface area contributed by atoms with Crippen LogP contribution in [0.3, 0.4) is 0 Å². The summed E-state index contributed by atoms with van der Waals surface area (Å²) in [6.07, 6.45) is 4.66. The molecule has 2 aromatic rings. The Morgan fingerprint density at radius 1 is 1.00 bits per heavy atom. The summed E-state index contributed by atoms with van der Waals surface area (Å²) >= 11 is 0. The van der Waals surface area contributed by atoms with Gasteiger partial charge >= 0.3 is 6.03 Å². The van der Waals surface area contributed by atoms with Crippen LogP contribution in [0.4, 0.5) is 4.79 Å². The number of pyridine rings is 1. The highest BCUT2D eigenvalue weighted by Gasteiger charge is 2.42.